The van der Waals surface area contributed by atoms with Gasteiger partial charge < -0.3 is 28.4 Å². The number of carbonyl (C=O) groups excluding carboxylic acids is 4. The highest BCUT2D eigenvalue weighted by Crippen LogP contribution is 2.39. The second kappa shape index (κ2) is 14.1. The molecule has 0 saturated carbocycles. The van der Waals surface area contributed by atoms with E-state index >= 15 is 0 Å². The maximum absolute atomic E-state index is 13.0. The van der Waals surface area contributed by atoms with E-state index in [4.69, 9.17) is 28.4 Å². The average molecular weight is 505 g/mol. The Kier molecular flexibility index (Phi) is 13.1. The monoisotopic (exact) mass is 504 g/mol. The van der Waals surface area contributed by atoms with Crippen molar-refractivity contribution in [3.8, 4) is 0 Å². The highest BCUT2D eigenvalue weighted by molar-refractivity contribution is 6.00. The molecule has 204 valence electrons. The predicted molar refractivity (Wildman–Crippen MR) is 128 cm³/mol. The van der Waals surface area contributed by atoms with Crippen molar-refractivity contribution < 1.29 is 47.6 Å². The molecule has 0 fully saturated rings. The average Bonchev–Trinajstić information content (AvgIpc) is 2.73. The minimum absolute atomic E-state index is 0.226. The fourth-order valence-corrected chi connectivity index (χ4v) is 3.10. The summed E-state index contributed by atoms with van der Waals surface area (Å²) >= 11 is 0. The lowest BCUT2D eigenvalue weighted by atomic mass is 9.69. The third-order valence-corrected chi connectivity index (χ3v) is 5.99. The van der Waals surface area contributed by atoms with E-state index in [0.29, 0.717) is 12.8 Å². The van der Waals surface area contributed by atoms with Crippen LogP contribution < -0.4 is 0 Å². The summed E-state index contributed by atoms with van der Waals surface area (Å²) in [6, 6.07) is 0. The van der Waals surface area contributed by atoms with E-state index in [1.807, 2.05) is 13.8 Å². The van der Waals surface area contributed by atoms with E-state index in [-0.39, 0.29) is 26.4 Å². The molecule has 0 N–H and O–H groups in total. The van der Waals surface area contributed by atoms with Gasteiger partial charge in [0.2, 0.25) is 0 Å². The number of hydrogen-bond donors (Lipinski definition) is 0. The first-order valence-electron chi connectivity index (χ1n) is 12.1. The topological polar surface area (TPSA) is 124 Å². The molecule has 0 aromatic rings. The SMILES string of the molecule is CCC(C)(C)OC(=O)OCCOC(=O)C(C(=O)OCCOC(=O)OC(C)(C)CC)(C(C)C)C(C)C. The maximum atomic E-state index is 13.0. The zero-order chi connectivity index (χ0) is 27.4. The number of ether oxygens (including phenoxy) is 6. The quantitative estimate of drug-likeness (QED) is 0.137. The molecule has 0 aliphatic heterocycles. The minimum Gasteiger partial charge on any atom is -0.461 e. The van der Waals surface area contributed by atoms with Crippen molar-refractivity contribution in [3.05, 3.63) is 0 Å². The van der Waals surface area contributed by atoms with Gasteiger partial charge in [0.25, 0.3) is 0 Å². The number of carbonyl (C=O) groups is 4. The molecule has 10 heteroatoms. The van der Waals surface area contributed by atoms with Crippen LogP contribution in [0.1, 0.15) is 82.1 Å². The van der Waals surface area contributed by atoms with Crippen LogP contribution in [0.5, 0.6) is 0 Å². The molecule has 10 nitrogen and oxygen atoms in total. The Bertz CT molecular complexity index is 649. The van der Waals surface area contributed by atoms with Gasteiger partial charge in [-0.2, -0.15) is 0 Å². The summed E-state index contributed by atoms with van der Waals surface area (Å²) in [6.07, 6.45) is -0.528. The van der Waals surface area contributed by atoms with Gasteiger partial charge in [0.15, 0.2) is 5.41 Å². The molecule has 0 unspecified atom stereocenters. The third kappa shape index (κ3) is 10.3. The summed E-state index contributed by atoms with van der Waals surface area (Å²) in [4.78, 5) is 49.6. The van der Waals surface area contributed by atoms with E-state index in [9.17, 15) is 19.2 Å². The van der Waals surface area contributed by atoms with E-state index in [0.717, 1.165) is 0 Å². The largest absolute Gasteiger partial charge is 0.508 e. The second-order valence-electron chi connectivity index (χ2n) is 10.1. The van der Waals surface area contributed by atoms with Gasteiger partial charge in [-0.3, -0.25) is 9.59 Å². The lowest BCUT2D eigenvalue weighted by Gasteiger charge is -2.36. The van der Waals surface area contributed by atoms with Crippen LogP contribution >= 0.6 is 0 Å². The van der Waals surface area contributed by atoms with Crippen LogP contribution in [0.4, 0.5) is 9.59 Å². The smallest absolute Gasteiger partial charge is 0.461 e. The molecule has 0 spiro atoms. The van der Waals surface area contributed by atoms with Gasteiger partial charge in [-0.05, 0) is 52.4 Å². The van der Waals surface area contributed by atoms with Gasteiger partial charge in [0.1, 0.15) is 37.6 Å². The Labute approximate surface area is 209 Å². The normalized spacial score (nSPS) is 12.2. The first-order valence-corrected chi connectivity index (χ1v) is 12.1. The van der Waals surface area contributed by atoms with Crippen molar-refractivity contribution >= 4 is 24.2 Å². The molecule has 0 bridgehead atoms. The third-order valence-electron chi connectivity index (χ3n) is 5.99. The van der Waals surface area contributed by atoms with Crippen LogP contribution in [0.25, 0.3) is 0 Å². The van der Waals surface area contributed by atoms with Gasteiger partial charge in [-0.25, -0.2) is 9.59 Å². The fourth-order valence-electron chi connectivity index (χ4n) is 3.10. The Morgan fingerprint density at radius 3 is 1.11 bits per heavy atom. The molecule has 0 aromatic carbocycles. The molecule has 0 amide bonds. The molecular weight excluding hydrogens is 460 g/mol. The van der Waals surface area contributed by atoms with Crippen LogP contribution in [0, 0.1) is 17.3 Å². The molecule has 0 aliphatic rings. The molecule has 0 saturated heterocycles. The Morgan fingerprint density at radius 2 is 0.857 bits per heavy atom. The lowest BCUT2D eigenvalue weighted by molar-refractivity contribution is -0.182. The number of rotatable bonds is 14. The van der Waals surface area contributed by atoms with Crippen LogP contribution in [0.3, 0.4) is 0 Å². The second-order valence-corrected chi connectivity index (χ2v) is 10.1. The van der Waals surface area contributed by atoms with Crippen LogP contribution in [-0.4, -0.2) is 61.9 Å². The van der Waals surface area contributed by atoms with E-state index in [1.54, 1.807) is 55.4 Å². The molecule has 0 aromatic heterocycles. The van der Waals surface area contributed by atoms with Gasteiger partial charge in [-0.1, -0.05) is 41.5 Å². The summed E-state index contributed by atoms with van der Waals surface area (Å²) < 4.78 is 30.8. The molecule has 35 heavy (non-hydrogen) atoms. The molecule has 0 aliphatic carbocycles. The van der Waals surface area contributed by atoms with Crippen LogP contribution in [0.15, 0.2) is 0 Å². The molecule has 0 radical (unpaired) electrons. The summed E-state index contributed by atoms with van der Waals surface area (Å²) in [5, 5.41) is 0. The Morgan fingerprint density at radius 1 is 0.571 bits per heavy atom. The van der Waals surface area contributed by atoms with Gasteiger partial charge in [0.05, 0.1) is 0 Å². The Hall–Kier alpha value is -2.52. The van der Waals surface area contributed by atoms with Crippen molar-refractivity contribution in [2.75, 3.05) is 26.4 Å². The van der Waals surface area contributed by atoms with E-state index in [2.05, 4.69) is 0 Å². The van der Waals surface area contributed by atoms with E-state index < -0.39 is 52.7 Å². The number of esters is 2. The van der Waals surface area contributed by atoms with E-state index in [1.165, 1.54) is 0 Å². The summed E-state index contributed by atoms with van der Waals surface area (Å²) in [5.74, 6) is -2.50. The number of hydrogen-bond acceptors (Lipinski definition) is 10. The first-order chi connectivity index (χ1) is 16.1. The van der Waals surface area contributed by atoms with Gasteiger partial charge in [0, 0.05) is 0 Å². The van der Waals surface area contributed by atoms with Crippen molar-refractivity contribution in [1.82, 2.24) is 0 Å². The lowest BCUT2D eigenvalue weighted by Crippen LogP contribution is -2.50. The first kappa shape index (κ1) is 32.5. The molecule has 0 rings (SSSR count). The van der Waals surface area contributed by atoms with Gasteiger partial charge >= 0.3 is 24.2 Å². The Balaban J connectivity index is 4.95. The van der Waals surface area contributed by atoms with Crippen molar-refractivity contribution in [3.63, 3.8) is 0 Å². The van der Waals surface area contributed by atoms with Crippen molar-refractivity contribution in [2.24, 2.45) is 17.3 Å². The predicted octanol–water partition coefficient (Wildman–Crippen LogP) is 5.05. The molecule has 0 heterocycles. The molecular formula is C25H44O10. The van der Waals surface area contributed by atoms with Crippen molar-refractivity contribution in [1.29, 1.82) is 0 Å². The molecule has 0 atom stereocenters. The van der Waals surface area contributed by atoms with Crippen molar-refractivity contribution in [2.45, 2.75) is 93.3 Å². The van der Waals surface area contributed by atoms with Crippen LogP contribution in [0.2, 0.25) is 0 Å². The fraction of sp³-hybridized carbons (Fsp3) is 0.840. The summed E-state index contributed by atoms with van der Waals surface area (Å²) in [6.45, 7) is 16.6. The summed E-state index contributed by atoms with van der Waals surface area (Å²) in [7, 11) is 0. The van der Waals surface area contributed by atoms with Gasteiger partial charge in [-0.15, -0.1) is 0 Å². The summed E-state index contributed by atoms with van der Waals surface area (Å²) in [5.41, 5.74) is -2.95. The zero-order valence-corrected chi connectivity index (χ0v) is 23.0. The van der Waals surface area contributed by atoms with Crippen LogP contribution in [-0.2, 0) is 38.0 Å². The zero-order valence-electron chi connectivity index (χ0n) is 23.0. The highest BCUT2D eigenvalue weighted by atomic mass is 16.7. The minimum atomic E-state index is -1.60. The highest BCUT2D eigenvalue weighted by Gasteiger charge is 2.54. The maximum Gasteiger partial charge on any atom is 0.508 e. The standard InChI is InChI=1S/C25H44O10/c1-11-23(7,8)34-21(28)32-15-13-30-19(26)25(17(3)4,18(5)6)20(27)31-14-16-33-22(29)35-24(9,10)12-2/h17-18H,11-16H2,1-10H3.